The maximum Gasteiger partial charge on any atom is 0.249 e. The average molecular weight is 480 g/mol. The van der Waals surface area contributed by atoms with Crippen LogP contribution < -0.4 is 15.5 Å². The van der Waals surface area contributed by atoms with Crippen molar-refractivity contribution in [1.82, 2.24) is 10.6 Å². The van der Waals surface area contributed by atoms with Gasteiger partial charge in [-0.2, -0.15) is 0 Å². The Hall–Kier alpha value is -2.70. The van der Waals surface area contributed by atoms with E-state index in [0.29, 0.717) is 13.0 Å². The van der Waals surface area contributed by atoms with Crippen LogP contribution in [0.3, 0.4) is 0 Å². The molecule has 1 aliphatic rings. The van der Waals surface area contributed by atoms with E-state index in [-0.39, 0.29) is 17.9 Å². The predicted octanol–water partition coefficient (Wildman–Crippen LogP) is 4.17. The standard InChI is InChI=1S/C25H26BrN3O2/c1-16(27-2)24(30)28-22-13-11-18-6-3-4-9-23(18)29(25(22)31)15-19-8-5-7-17-10-12-20(26)14-21(17)19/h3-10,12,14,16,22,27H,11,13,15H2,1-2H3,(H,28,30)/t16-,22?/m0/s1. The second-order valence-corrected chi connectivity index (χ2v) is 8.86. The Kier molecular flexibility index (Phi) is 6.39. The van der Waals surface area contributed by atoms with Gasteiger partial charge in [-0.05, 0) is 66.9 Å². The van der Waals surface area contributed by atoms with Crippen molar-refractivity contribution in [2.24, 2.45) is 0 Å². The minimum absolute atomic E-state index is 0.0754. The van der Waals surface area contributed by atoms with Gasteiger partial charge >= 0.3 is 0 Å². The first kappa shape index (κ1) is 21.5. The molecule has 3 aromatic carbocycles. The molecule has 0 aromatic heterocycles. The second kappa shape index (κ2) is 9.20. The molecule has 6 heteroatoms. The van der Waals surface area contributed by atoms with Crippen molar-refractivity contribution in [1.29, 1.82) is 0 Å². The van der Waals surface area contributed by atoms with Crippen molar-refractivity contribution >= 4 is 44.2 Å². The molecule has 1 heterocycles. The van der Waals surface area contributed by atoms with E-state index in [9.17, 15) is 9.59 Å². The molecular formula is C25H26BrN3O2. The number of fused-ring (bicyclic) bond motifs is 2. The molecule has 0 aliphatic carbocycles. The lowest BCUT2D eigenvalue weighted by molar-refractivity contribution is -0.128. The summed E-state index contributed by atoms with van der Waals surface area (Å²) in [6.45, 7) is 2.23. The van der Waals surface area contributed by atoms with E-state index in [1.54, 1.807) is 14.0 Å². The third-order valence-corrected chi connectivity index (χ3v) is 6.45. The van der Waals surface area contributed by atoms with Crippen LogP contribution in [0.15, 0.2) is 65.1 Å². The molecule has 4 rings (SSSR count). The largest absolute Gasteiger partial charge is 0.343 e. The first-order valence-corrected chi connectivity index (χ1v) is 11.3. The van der Waals surface area contributed by atoms with E-state index < -0.39 is 6.04 Å². The Labute approximate surface area is 190 Å². The first-order chi connectivity index (χ1) is 15.0. The van der Waals surface area contributed by atoms with Crippen LogP contribution in [-0.2, 0) is 22.6 Å². The maximum absolute atomic E-state index is 13.6. The van der Waals surface area contributed by atoms with Crippen molar-refractivity contribution in [3.63, 3.8) is 0 Å². The van der Waals surface area contributed by atoms with Gasteiger partial charge in [0.15, 0.2) is 0 Å². The molecule has 2 N–H and O–H groups in total. The highest BCUT2D eigenvalue weighted by Gasteiger charge is 2.32. The van der Waals surface area contributed by atoms with Crippen LogP contribution in [0.25, 0.3) is 10.8 Å². The number of hydrogen-bond acceptors (Lipinski definition) is 3. The second-order valence-electron chi connectivity index (χ2n) is 7.95. The molecule has 5 nitrogen and oxygen atoms in total. The number of amides is 2. The molecule has 31 heavy (non-hydrogen) atoms. The fraction of sp³-hybridized carbons (Fsp3) is 0.280. The van der Waals surface area contributed by atoms with Crippen LogP contribution in [0.4, 0.5) is 5.69 Å². The number of carbonyl (C=O) groups excluding carboxylic acids is 2. The van der Waals surface area contributed by atoms with Crippen LogP contribution in [0.1, 0.15) is 24.5 Å². The molecule has 0 saturated carbocycles. The molecule has 0 radical (unpaired) electrons. The van der Waals surface area contributed by atoms with E-state index in [2.05, 4.69) is 56.9 Å². The average Bonchev–Trinajstić information content (AvgIpc) is 2.91. The molecule has 2 atom stereocenters. The minimum atomic E-state index is -0.558. The van der Waals surface area contributed by atoms with E-state index in [1.807, 2.05) is 35.2 Å². The summed E-state index contributed by atoms with van der Waals surface area (Å²) in [6.07, 6.45) is 1.31. The fourth-order valence-electron chi connectivity index (χ4n) is 4.06. The van der Waals surface area contributed by atoms with Crippen molar-refractivity contribution in [3.05, 3.63) is 76.3 Å². The summed E-state index contributed by atoms with van der Waals surface area (Å²) in [4.78, 5) is 28.0. The van der Waals surface area contributed by atoms with Crippen LogP contribution >= 0.6 is 15.9 Å². The topological polar surface area (TPSA) is 61.4 Å². The number of carbonyl (C=O) groups is 2. The Morgan fingerprint density at radius 1 is 1.16 bits per heavy atom. The molecule has 0 spiro atoms. The smallest absolute Gasteiger partial charge is 0.249 e. The molecule has 0 fully saturated rings. The first-order valence-electron chi connectivity index (χ1n) is 10.5. The third kappa shape index (κ3) is 4.50. The van der Waals surface area contributed by atoms with Crippen molar-refractivity contribution in [2.45, 2.75) is 38.4 Å². The molecule has 2 amide bonds. The number of nitrogens with zero attached hydrogens (tertiary/aromatic N) is 1. The van der Waals surface area contributed by atoms with Gasteiger partial charge in [-0.3, -0.25) is 9.59 Å². The van der Waals surface area contributed by atoms with Crippen LogP contribution in [0.2, 0.25) is 0 Å². The maximum atomic E-state index is 13.6. The lowest BCUT2D eigenvalue weighted by Gasteiger charge is -2.27. The molecular weight excluding hydrogens is 454 g/mol. The monoisotopic (exact) mass is 479 g/mol. The van der Waals surface area contributed by atoms with Gasteiger partial charge in [-0.15, -0.1) is 0 Å². The number of para-hydroxylation sites is 1. The normalized spacial score (nSPS) is 17.2. The lowest BCUT2D eigenvalue weighted by atomic mass is 10.0. The quantitative estimate of drug-likeness (QED) is 0.576. The Bertz CT molecular complexity index is 1130. The van der Waals surface area contributed by atoms with Crippen molar-refractivity contribution in [3.8, 4) is 0 Å². The molecule has 160 valence electrons. The summed E-state index contributed by atoms with van der Waals surface area (Å²) in [5.41, 5.74) is 3.10. The van der Waals surface area contributed by atoms with Crippen molar-refractivity contribution in [2.75, 3.05) is 11.9 Å². The Morgan fingerprint density at radius 3 is 2.77 bits per heavy atom. The summed E-state index contributed by atoms with van der Waals surface area (Å²) < 4.78 is 1.00. The van der Waals surface area contributed by atoms with Gasteiger partial charge in [-0.25, -0.2) is 0 Å². The zero-order valence-corrected chi connectivity index (χ0v) is 19.3. The number of rotatable bonds is 5. The Morgan fingerprint density at radius 2 is 1.97 bits per heavy atom. The Balaban J connectivity index is 1.72. The molecule has 0 bridgehead atoms. The number of aryl methyl sites for hydroxylation is 1. The summed E-state index contributed by atoms with van der Waals surface area (Å²) in [7, 11) is 1.74. The van der Waals surface area contributed by atoms with Gasteiger partial charge in [0, 0.05) is 10.2 Å². The van der Waals surface area contributed by atoms with E-state index >= 15 is 0 Å². The van der Waals surface area contributed by atoms with Gasteiger partial charge < -0.3 is 15.5 Å². The summed E-state index contributed by atoms with van der Waals surface area (Å²) in [5, 5.41) is 8.13. The minimum Gasteiger partial charge on any atom is -0.343 e. The third-order valence-electron chi connectivity index (χ3n) is 5.95. The molecule has 1 aliphatic heterocycles. The summed E-state index contributed by atoms with van der Waals surface area (Å²) in [6, 6.07) is 19.4. The van der Waals surface area contributed by atoms with E-state index in [1.165, 1.54) is 0 Å². The number of benzene rings is 3. The van der Waals surface area contributed by atoms with Gasteiger partial charge in [-0.1, -0.05) is 58.4 Å². The lowest BCUT2D eigenvalue weighted by Crippen LogP contribution is -2.52. The van der Waals surface area contributed by atoms with Gasteiger partial charge in [0.25, 0.3) is 0 Å². The van der Waals surface area contributed by atoms with Crippen LogP contribution in [0, 0.1) is 0 Å². The number of hydrogen-bond donors (Lipinski definition) is 2. The highest BCUT2D eigenvalue weighted by Crippen LogP contribution is 2.31. The zero-order chi connectivity index (χ0) is 22.0. The molecule has 3 aromatic rings. The SMILES string of the molecule is CN[C@@H](C)C(=O)NC1CCc2ccccc2N(Cc2cccc3ccc(Br)cc23)C1=O. The van der Waals surface area contributed by atoms with Gasteiger partial charge in [0.05, 0.1) is 12.6 Å². The van der Waals surface area contributed by atoms with Crippen molar-refractivity contribution < 1.29 is 9.59 Å². The fourth-order valence-corrected chi connectivity index (χ4v) is 4.42. The summed E-state index contributed by atoms with van der Waals surface area (Å²) in [5.74, 6) is -0.241. The number of nitrogens with one attached hydrogen (secondary N) is 2. The number of anilines is 1. The number of likely N-dealkylation sites (N-methyl/N-ethyl adjacent to an activating group) is 1. The highest BCUT2D eigenvalue weighted by molar-refractivity contribution is 9.10. The summed E-state index contributed by atoms with van der Waals surface area (Å²) >= 11 is 3.56. The van der Waals surface area contributed by atoms with Gasteiger partial charge in [0.1, 0.15) is 6.04 Å². The predicted molar refractivity (Wildman–Crippen MR) is 128 cm³/mol. The van der Waals surface area contributed by atoms with E-state index in [0.717, 1.165) is 38.5 Å². The number of halogens is 1. The molecule has 0 saturated heterocycles. The zero-order valence-electron chi connectivity index (χ0n) is 17.7. The van der Waals surface area contributed by atoms with Crippen LogP contribution in [-0.4, -0.2) is 30.9 Å². The van der Waals surface area contributed by atoms with Gasteiger partial charge in [0.2, 0.25) is 11.8 Å². The highest BCUT2D eigenvalue weighted by atomic mass is 79.9. The van der Waals surface area contributed by atoms with E-state index in [4.69, 9.17) is 0 Å². The molecule has 1 unspecified atom stereocenters. The van der Waals surface area contributed by atoms with Crippen LogP contribution in [0.5, 0.6) is 0 Å².